The second-order valence-electron chi connectivity index (χ2n) is 16.9. The monoisotopic (exact) mass is 848 g/mol. The number of anilines is 6. The zero-order chi connectivity index (χ0) is 44.1. The molecule has 0 atom stereocenters. The summed E-state index contributed by atoms with van der Waals surface area (Å²) >= 11 is 0. The van der Waals surface area contributed by atoms with E-state index in [1.165, 1.54) is 0 Å². The molecule has 0 saturated carbocycles. The van der Waals surface area contributed by atoms with Gasteiger partial charge in [-0.25, -0.2) is 0 Å². The minimum Gasteiger partial charge on any atom is -0.454 e. The first-order valence-electron chi connectivity index (χ1n) is 22.5. The lowest BCUT2D eigenvalue weighted by Crippen LogP contribution is -2.13. The topological polar surface area (TPSA) is 32.8 Å². The Balaban J connectivity index is 1.00. The van der Waals surface area contributed by atoms with Crippen molar-refractivity contribution < 1.29 is 8.83 Å². The van der Waals surface area contributed by atoms with Crippen LogP contribution in [0.15, 0.2) is 239 Å². The minimum atomic E-state index is 0.855. The molecule has 12 rings (SSSR count). The molecule has 2 heterocycles. The van der Waals surface area contributed by atoms with Gasteiger partial charge in [-0.3, -0.25) is 0 Å². The molecule has 0 saturated heterocycles. The predicted octanol–water partition coefficient (Wildman–Crippen LogP) is 18.0. The van der Waals surface area contributed by atoms with Crippen molar-refractivity contribution in [2.75, 3.05) is 9.80 Å². The molecule has 0 N–H and O–H groups in total. The average Bonchev–Trinajstić information content (AvgIpc) is 3.96. The van der Waals surface area contributed by atoms with Crippen molar-refractivity contribution in [3.63, 3.8) is 0 Å². The predicted molar refractivity (Wildman–Crippen MR) is 276 cm³/mol. The molecule has 4 heteroatoms. The Morgan fingerprint density at radius 1 is 0.273 bits per heavy atom. The normalized spacial score (nSPS) is 11.5. The van der Waals surface area contributed by atoms with Crippen molar-refractivity contribution in [1.82, 2.24) is 0 Å². The standard InChI is InChI=1S/C62H44N2O2/c1-41-39-45(35-37-53(41)63(55-29-13-9-23-47(55)43-19-5-3-6-20-43)57-31-17-27-51-49-25-11-15-33-59(49)65-61(51)57)46-36-38-54(42(2)40-46)64(56-30-14-10-24-48(56)44-21-7-4-8-22-44)58-32-18-28-52-50-26-12-16-34-60(50)66-62(52)58/h3-40H,1-2H3. The van der Waals surface area contributed by atoms with Crippen LogP contribution >= 0.6 is 0 Å². The lowest BCUT2D eigenvalue weighted by molar-refractivity contribution is 0.668. The zero-order valence-corrected chi connectivity index (χ0v) is 36.7. The number of hydrogen-bond acceptors (Lipinski definition) is 4. The first-order valence-corrected chi connectivity index (χ1v) is 22.5. The number of fused-ring (bicyclic) bond motifs is 6. The third-order valence-corrected chi connectivity index (χ3v) is 12.9. The van der Waals surface area contributed by atoms with Gasteiger partial charge in [0.15, 0.2) is 11.2 Å². The van der Waals surface area contributed by atoms with E-state index in [2.05, 4.69) is 242 Å². The van der Waals surface area contributed by atoms with Crippen LogP contribution in [0.3, 0.4) is 0 Å². The Morgan fingerprint density at radius 2 is 0.636 bits per heavy atom. The Bertz CT molecular complexity index is 3500. The van der Waals surface area contributed by atoms with Gasteiger partial charge in [0.1, 0.15) is 11.2 Å². The Morgan fingerprint density at radius 3 is 1.08 bits per heavy atom. The molecule has 0 unspecified atom stereocenters. The maximum absolute atomic E-state index is 6.71. The Labute approximate surface area is 383 Å². The molecule has 4 nitrogen and oxygen atoms in total. The summed E-state index contributed by atoms with van der Waals surface area (Å²) < 4.78 is 13.4. The summed E-state index contributed by atoms with van der Waals surface area (Å²) in [6, 6.07) is 81.8. The van der Waals surface area contributed by atoms with E-state index in [9.17, 15) is 0 Å². The van der Waals surface area contributed by atoms with Crippen molar-refractivity contribution in [1.29, 1.82) is 0 Å². The minimum absolute atomic E-state index is 0.855. The molecule has 2 aromatic heterocycles. The van der Waals surface area contributed by atoms with Crippen molar-refractivity contribution in [2.45, 2.75) is 13.8 Å². The van der Waals surface area contributed by atoms with Gasteiger partial charge >= 0.3 is 0 Å². The molecule has 0 aliphatic carbocycles. The smallest absolute Gasteiger partial charge is 0.159 e. The molecule has 66 heavy (non-hydrogen) atoms. The quantitative estimate of drug-likeness (QED) is 0.145. The van der Waals surface area contributed by atoms with E-state index in [0.29, 0.717) is 0 Å². The molecule has 0 fully saturated rings. The van der Waals surface area contributed by atoms with Crippen molar-refractivity contribution in [2.24, 2.45) is 0 Å². The number of nitrogens with zero attached hydrogens (tertiary/aromatic N) is 2. The van der Waals surface area contributed by atoms with Crippen LogP contribution in [0, 0.1) is 13.8 Å². The van der Waals surface area contributed by atoms with Gasteiger partial charge in [0.25, 0.3) is 0 Å². The largest absolute Gasteiger partial charge is 0.454 e. The first kappa shape index (κ1) is 39.0. The zero-order valence-electron chi connectivity index (χ0n) is 36.7. The van der Waals surface area contributed by atoms with Crippen molar-refractivity contribution in [3.05, 3.63) is 242 Å². The number of benzene rings is 10. The molecule has 0 bridgehead atoms. The highest BCUT2D eigenvalue weighted by Gasteiger charge is 2.25. The molecular weight excluding hydrogens is 805 g/mol. The average molecular weight is 849 g/mol. The Hall–Kier alpha value is -8.60. The van der Waals surface area contributed by atoms with Crippen LogP contribution in [0.2, 0.25) is 0 Å². The number of hydrogen-bond donors (Lipinski definition) is 0. The number of para-hydroxylation sites is 6. The molecule has 0 aliphatic rings. The summed E-state index contributed by atoms with van der Waals surface area (Å²) in [5, 5.41) is 4.39. The van der Waals surface area contributed by atoms with Crippen LogP contribution in [0.5, 0.6) is 0 Å². The van der Waals surface area contributed by atoms with Crippen LogP contribution in [-0.4, -0.2) is 0 Å². The molecular formula is C62H44N2O2. The van der Waals surface area contributed by atoms with Crippen LogP contribution in [-0.2, 0) is 0 Å². The fourth-order valence-electron chi connectivity index (χ4n) is 9.83. The van der Waals surface area contributed by atoms with E-state index in [-0.39, 0.29) is 0 Å². The second-order valence-corrected chi connectivity index (χ2v) is 16.9. The lowest BCUT2D eigenvalue weighted by atomic mass is 9.97. The van der Waals surface area contributed by atoms with Crippen LogP contribution in [0.1, 0.15) is 11.1 Å². The fraction of sp³-hybridized carbons (Fsp3) is 0.0323. The van der Waals surface area contributed by atoms with E-state index in [0.717, 1.165) is 123 Å². The highest BCUT2D eigenvalue weighted by atomic mass is 16.3. The van der Waals surface area contributed by atoms with E-state index < -0.39 is 0 Å². The molecule has 0 radical (unpaired) electrons. The molecule has 0 aliphatic heterocycles. The third-order valence-electron chi connectivity index (χ3n) is 12.9. The highest BCUT2D eigenvalue weighted by Crippen LogP contribution is 2.49. The van der Waals surface area contributed by atoms with Gasteiger partial charge < -0.3 is 18.6 Å². The maximum atomic E-state index is 6.71. The SMILES string of the molecule is Cc1cc(-c2ccc(N(c3ccccc3-c3ccccc3)c3cccc4c3oc3ccccc34)c(C)c2)ccc1N(c1ccccc1-c1ccccc1)c1cccc2c1oc1ccccc12. The van der Waals surface area contributed by atoms with Gasteiger partial charge in [-0.05, 0) is 108 Å². The van der Waals surface area contributed by atoms with Gasteiger partial charge in [0, 0.05) is 44.0 Å². The van der Waals surface area contributed by atoms with Crippen LogP contribution in [0.25, 0.3) is 77.3 Å². The van der Waals surface area contributed by atoms with Crippen molar-refractivity contribution in [3.8, 4) is 33.4 Å². The highest BCUT2D eigenvalue weighted by molar-refractivity contribution is 6.12. The molecule has 10 aromatic carbocycles. The van der Waals surface area contributed by atoms with E-state index >= 15 is 0 Å². The van der Waals surface area contributed by atoms with E-state index in [1.54, 1.807) is 0 Å². The number of furan rings is 2. The molecule has 0 amide bonds. The summed E-state index contributed by atoms with van der Waals surface area (Å²) in [7, 11) is 0. The van der Waals surface area contributed by atoms with E-state index in [1.807, 2.05) is 12.1 Å². The fourth-order valence-corrected chi connectivity index (χ4v) is 9.83. The number of aryl methyl sites for hydroxylation is 2. The van der Waals surface area contributed by atoms with Gasteiger partial charge in [-0.2, -0.15) is 0 Å². The van der Waals surface area contributed by atoms with Crippen molar-refractivity contribution >= 4 is 78.0 Å². The summed E-state index contributed by atoms with van der Waals surface area (Å²) in [5.41, 5.74) is 18.8. The van der Waals surface area contributed by atoms with Gasteiger partial charge in [0.2, 0.25) is 0 Å². The second kappa shape index (κ2) is 16.2. The third kappa shape index (κ3) is 6.62. The van der Waals surface area contributed by atoms with Gasteiger partial charge in [-0.1, -0.05) is 170 Å². The van der Waals surface area contributed by atoms with Gasteiger partial charge in [0.05, 0.1) is 22.7 Å². The van der Waals surface area contributed by atoms with E-state index in [4.69, 9.17) is 8.83 Å². The summed E-state index contributed by atoms with van der Waals surface area (Å²) in [5.74, 6) is 0. The molecule has 314 valence electrons. The molecule has 12 aromatic rings. The van der Waals surface area contributed by atoms with Crippen LogP contribution in [0.4, 0.5) is 34.1 Å². The lowest BCUT2D eigenvalue weighted by Gasteiger charge is -2.30. The van der Waals surface area contributed by atoms with Crippen LogP contribution < -0.4 is 9.80 Å². The summed E-state index contributed by atoms with van der Waals surface area (Å²) in [6.07, 6.45) is 0. The van der Waals surface area contributed by atoms with Gasteiger partial charge in [-0.15, -0.1) is 0 Å². The number of rotatable bonds is 9. The summed E-state index contributed by atoms with van der Waals surface area (Å²) in [6.45, 7) is 4.43. The summed E-state index contributed by atoms with van der Waals surface area (Å²) in [4.78, 5) is 4.75. The molecule has 0 spiro atoms. The maximum Gasteiger partial charge on any atom is 0.159 e. The first-order chi connectivity index (χ1) is 32.6. The Kier molecular flexibility index (Phi) is 9.57.